The van der Waals surface area contributed by atoms with Gasteiger partial charge in [0.1, 0.15) is 10.8 Å². The molecule has 2 aliphatic rings. The second kappa shape index (κ2) is 11.9. The highest BCUT2D eigenvalue weighted by atomic mass is 32.1. The zero-order valence-corrected chi connectivity index (χ0v) is 22.2. The van der Waals surface area contributed by atoms with Crippen LogP contribution in [0.4, 0.5) is 0 Å². The van der Waals surface area contributed by atoms with Crippen molar-refractivity contribution >= 4 is 17.3 Å². The first-order valence-corrected chi connectivity index (χ1v) is 13.8. The first-order chi connectivity index (χ1) is 18.1. The summed E-state index contributed by atoms with van der Waals surface area (Å²) in [6.07, 6.45) is 5.19. The number of fused-ring (bicyclic) bond motifs is 2. The van der Waals surface area contributed by atoms with Crippen molar-refractivity contribution in [1.29, 1.82) is 0 Å². The lowest BCUT2D eigenvalue weighted by molar-refractivity contribution is -0.143. The van der Waals surface area contributed by atoms with Crippen LogP contribution in [0.1, 0.15) is 54.5 Å². The molecular formula is C29H33NO6S. The Morgan fingerprint density at radius 3 is 2.84 bits per heavy atom. The Bertz CT molecular complexity index is 1220. The van der Waals surface area contributed by atoms with Crippen molar-refractivity contribution in [2.45, 2.75) is 51.4 Å². The smallest absolute Gasteiger partial charge is 0.306 e. The first-order valence-electron chi connectivity index (χ1n) is 13.0. The van der Waals surface area contributed by atoms with Gasteiger partial charge in [-0.25, -0.2) is 4.98 Å². The second-order valence-corrected chi connectivity index (χ2v) is 10.3. The Kier molecular flexibility index (Phi) is 8.14. The highest BCUT2D eigenvalue weighted by molar-refractivity contribution is 7.15. The number of esters is 1. The van der Waals surface area contributed by atoms with Gasteiger partial charge in [0, 0.05) is 12.0 Å². The molecule has 7 nitrogen and oxygen atoms in total. The van der Waals surface area contributed by atoms with Crippen molar-refractivity contribution in [3.63, 3.8) is 0 Å². The molecule has 0 saturated heterocycles. The molecule has 1 aliphatic heterocycles. The van der Waals surface area contributed by atoms with Gasteiger partial charge in [-0.3, -0.25) is 4.79 Å². The third-order valence-corrected chi connectivity index (χ3v) is 7.85. The summed E-state index contributed by atoms with van der Waals surface area (Å²) in [6, 6.07) is 12.1. The molecule has 196 valence electrons. The van der Waals surface area contributed by atoms with Crippen LogP contribution < -0.4 is 18.9 Å². The van der Waals surface area contributed by atoms with Crippen molar-refractivity contribution in [2.24, 2.45) is 0 Å². The molecule has 1 aliphatic carbocycles. The van der Waals surface area contributed by atoms with Crippen LogP contribution in [0.2, 0.25) is 0 Å². The van der Waals surface area contributed by atoms with Crippen molar-refractivity contribution in [3.05, 3.63) is 52.4 Å². The Balaban J connectivity index is 1.10. The third kappa shape index (κ3) is 6.01. The average Bonchev–Trinajstić information content (AvgIpc) is 3.52. The highest BCUT2D eigenvalue weighted by Crippen LogP contribution is 2.39. The summed E-state index contributed by atoms with van der Waals surface area (Å²) in [4.78, 5) is 17.7. The highest BCUT2D eigenvalue weighted by Gasteiger charge is 2.25. The lowest BCUT2D eigenvalue weighted by atomic mass is 9.98. The first kappa shape index (κ1) is 25.4. The SMILES string of the molecule is CCOC(=O)C[C@@H]1CCc2cc(OCCCOc3ccc(-c4nc5c(s4)CCCO5)cc3OC)ccc21. The Labute approximate surface area is 221 Å². The summed E-state index contributed by atoms with van der Waals surface area (Å²) in [6.45, 7) is 4.07. The summed E-state index contributed by atoms with van der Waals surface area (Å²) in [5.41, 5.74) is 3.50. The minimum absolute atomic E-state index is 0.122. The summed E-state index contributed by atoms with van der Waals surface area (Å²) in [5.74, 6) is 3.13. The van der Waals surface area contributed by atoms with Crippen LogP contribution in [0, 0.1) is 0 Å². The van der Waals surface area contributed by atoms with E-state index in [4.69, 9.17) is 23.7 Å². The summed E-state index contributed by atoms with van der Waals surface area (Å²) in [7, 11) is 1.65. The zero-order valence-electron chi connectivity index (χ0n) is 21.4. The fourth-order valence-corrected chi connectivity index (χ4v) is 5.93. The second-order valence-electron chi connectivity index (χ2n) is 9.22. The van der Waals surface area contributed by atoms with Crippen molar-refractivity contribution in [2.75, 3.05) is 33.5 Å². The van der Waals surface area contributed by atoms with Crippen molar-refractivity contribution in [3.8, 4) is 33.7 Å². The summed E-state index contributed by atoms with van der Waals surface area (Å²) < 4.78 is 28.3. The van der Waals surface area contributed by atoms with Crippen LogP contribution in [0.3, 0.4) is 0 Å². The van der Waals surface area contributed by atoms with Crippen molar-refractivity contribution < 1.29 is 28.5 Å². The number of aryl methyl sites for hydroxylation is 2. The van der Waals surface area contributed by atoms with Crippen LogP contribution in [0.25, 0.3) is 10.6 Å². The molecular weight excluding hydrogens is 490 g/mol. The monoisotopic (exact) mass is 523 g/mol. The van der Waals surface area contributed by atoms with Gasteiger partial charge in [-0.05, 0) is 80.0 Å². The van der Waals surface area contributed by atoms with Crippen LogP contribution in [0.15, 0.2) is 36.4 Å². The molecule has 0 unspecified atom stereocenters. The van der Waals surface area contributed by atoms with Gasteiger partial charge in [0.05, 0.1) is 44.8 Å². The normalized spacial score (nSPS) is 15.9. The number of hydrogen-bond donors (Lipinski definition) is 0. The number of rotatable bonds is 11. The predicted molar refractivity (Wildman–Crippen MR) is 142 cm³/mol. The maximum absolute atomic E-state index is 11.9. The lowest BCUT2D eigenvalue weighted by Crippen LogP contribution is -2.08. The van der Waals surface area contributed by atoms with Gasteiger partial charge in [0.25, 0.3) is 0 Å². The van der Waals surface area contributed by atoms with Crippen LogP contribution in [0.5, 0.6) is 23.1 Å². The molecule has 0 amide bonds. The standard InChI is InChI=1S/C29H33NO6S/c1-3-33-27(31)18-20-8-7-19-16-22(10-11-23(19)20)34-14-5-15-35-24-12-9-21(17-25(24)32-2)29-30-28-26(37-29)6-4-13-36-28/h9-12,16-17,20H,3-8,13-15,18H2,1-2H3/t20-/m0/s1. The molecule has 1 atom stereocenters. The number of aromatic nitrogens is 1. The molecule has 5 rings (SSSR count). The molecule has 8 heteroatoms. The van der Waals surface area contributed by atoms with E-state index in [2.05, 4.69) is 17.1 Å². The zero-order chi connectivity index (χ0) is 25.6. The Hall–Kier alpha value is -3.26. The number of carbonyl (C=O) groups excluding carboxylic acids is 1. The van der Waals surface area contributed by atoms with E-state index in [9.17, 15) is 4.79 Å². The predicted octanol–water partition coefficient (Wildman–Crippen LogP) is 5.97. The van der Waals surface area contributed by atoms with Gasteiger partial charge >= 0.3 is 5.97 Å². The van der Waals surface area contributed by atoms with Gasteiger partial charge in [0.15, 0.2) is 11.5 Å². The van der Waals surface area contributed by atoms with E-state index in [0.29, 0.717) is 37.7 Å². The maximum Gasteiger partial charge on any atom is 0.306 e. The molecule has 0 bridgehead atoms. The molecule has 3 aromatic rings. The molecule has 0 spiro atoms. The number of nitrogens with zero attached hydrogens (tertiary/aromatic N) is 1. The summed E-state index contributed by atoms with van der Waals surface area (Å²) >= 11 is 1.68. The Morgan fingerprint density at radius 2 is 2.00 bits per heavy atom. The molecule has 1 aromatic heterocycles. The number of hydrogen-bond acceptors (Lipinski definition) is 8. The average molecular weight is 524 g/mol. The van der Waals surface area contributed by atoms with E-state index in [1.54, 1.807) is 18.4 Å². The molecule has 0 radical (unpaired) electrons. The van der Waals surface area contributed by atoms with E-state index < -0.39 is 0 Å². The fraction of sp³-hybridized carbons (Fsp3) is 0.448. The number of benzene rings is 2. The van der Waals surface area contributed by atoms with E-state index >= 15 is 0 Å². The number of carbonyl (C=O) groups is 1. The lowest BCUT2D eigenvalue weighted by Gasteiger charge is -2.13. The van der Waals surface area contributed by atoms with Crippen LogP contribution >= 0.6 is 11.3 Å². The molecule has 0 saturated carbocycles. The van der Waals surface area contributed by atoms with E-state index in [1.165, 1.54) is 16.0 Å². The third-order valence-electron chi connectivity index (χ3n) is 6.71. The number of ether oxygens (including phenoxy) is 5. The molecule has 2 aromatic carbocycles. The topological polar surface area (TPSA) is 76.1 Å². The van der Waals surface area contributed by atoms with Gasteiger partial charge in [-0.1, -0.05) is 6.07 Å². The summed E-state index contributed by atoms with van der Waals surface area (Å²) in [5, 5.41) is 0.937. The fourth-order valence-electron chi connectivity index (χ4n) is 4.89. The van der Waals surface area contributed by atoms with Gasteiger partial charge < -0.3 is 23.7 Å². The quantitative estimate of drug-likeness (QED) is 0.226. The minimum atomic E-state index is -0.122. The van der Waals surface area contributed by atoms with Gasteiger partial charge in [-0.2, -0.15) is 0 Å². The molecule has 0 N–H and O–H groups in total. The van der Waals surface area contributed by atoms with E-state index in [0.717, 1.165) is 60.9 Å². The van der Waals surface area contributed by atoms with Crippen LogP contribution in [-0.2, 0) is 22.4 Å². The molecule has 2 heterocycles. The van der Waals surface area contributed by atoms with Crippen molar-refractivity contribution in [1.82, 2.24) is 4.98 Å². The maximum atomic E-state index is 11.9. The number of thiazole rings is 1. The van der Waals surface area contributed by atoms with Gasteiger partial charge in [0.2, 0.25) is 5.88 Å². The largest absolute Gasteiger partial charge is 0.493 e. The minimum Gasteiger partial charge on any atom is -0.493 e. The van der Waals surface area contributed by atoms with Crippen LogP contribution in [-0.4, -0.2) is 44.5 Å². The van der Waals surface area contributed by atoms with Gasteiger partial charge in [-0.15, -0.1) is 11.3 Å². The van der Waals surface area contributed by atoms with E-state index in [-0.39, 0.29) is 11.9 Å². The number of methoxy groups -OCH3 is 1. The molecule has 0 fully saturated rings. The Morgan fingerprint density at radius 1 is 1.11 bits per heavy atom. The molecule has 37 heavy (non-hydrogen) atoms. The van der Waals surface area contributed by atoms with E-state index in [1.807, 2.05) is 31.2 Å².